The Bertz CT molecular complexity index is 201. The summed E-state index contributed by atoms with van der Waals surface area (Å²) in [5.41, 5.74) is 0. The second kappa shape index (κ2) is 7.09. The van der Waals surface area contributed by atoms with Gasteiger partial charge < -0.3 is 0 Å². The van der Waals surface area contributed by atoms with Gasteiger partial charge in [-0.15, -0.1) is 0 Å². The fourth-order valence-corrected chi connectivity index (χ4v) is 2.83. The second-order valence-corrected chi connectivity index (χ2v) is 5.57. The van der Waals surface area contributed by atoms with E-state index in [0.717, 1.165) is 25.2 Å². The highest BCUT2D eigenvalue weighted by molar-refractivity contribution is 5.83. The topological polar surface area (TPSA) is 17.1 Å². The Hall–Kier alpha value is -0.330. The van der Waals surface area contributed by atoms with Gasteiger partial charge in [-0.25, -0.2) is 0 Å². The van der Waals surface area contributed by atoms with E-state index in [2.05, 4.69) is 20.8 Å². The third-order valence-corrected chi connectivity index (χ3v) is 4.31. The van der Waals surface area contributed by atoms with Crippen molar-refractivity contribution in [2.75, 3.05) is 0 Å². The molecule has 0 aromatic heterocycles. The predicted molar refractivity (Wildman–Crippen MR) is 69.4 cm³/mol. The van der Waals surface area contributed by atoms with Crippen molar-refractivity contribution in [3.63, 3.8) is 0 Å². The molecule has 1 unspecified atom stereocenters. The predicted octanol–water partition coefficient (Wildman–Crippen LogP) is 4.60. The monoisotopic (exact) mass is 224 g/mol. The zero-order valence-corrected chi connectivity index (χ0v) is 11.3. The van der Waals surface area contributed by atoms with Crippen molar-refractivity contribution in [3.05, 3.63) is 0 Å². The molecule has 1 fully saturated rings. The number of hydrogen-bond donors (Lipinski definition) is 0. The number of carbonyl (C=O) groups excluding carboxylic acids is 1. The van der Waals surface area contributed by atoms with E-state index in [1.54, 1.807) is 0 Å². The average Bonchev–Trinajstić information content (AvgIpc) is 2.35. The first kappa shape index (κ1) is 13.7. The maximum Gasteiger partial charge on any atom is 0.138 e. The molecule has 1 rings (SSSR count). The van der Waals surface area contributed by atoms with Crippen molar-refractivity contribution in [3.8, 4) is 0 Å². The van der Waals surface area contributed by atoms with Gasteiger partial charge in [0.15, 0.2) is 0 Å². The Kier molecular flexibility index (Phi) is 6.08. The highest BCUT2D eigenvalue weighted by Crippen LogP contribution is 2.33. The lowest BCUT2D eigenvalue weighted by molar-refractivity contribution is -0.127. The minimum absolute atomic E-state index is 0.289. The van der Waals surface area contributed by atoms with Crippen LogP contribution in [-0.2, 0) is 4.79 Å². The molecular formula is C15H28O. The van der Waals surface area contributed by atoms with Gasteiger partial charge in [0.1, 0.15) is 5.78 Å². The summed E-state index contributed by atoms with van der Waals surface area (Å²) in [6, 6.07) is 0. The van der Waals surface area contributed by atoms with Crippen LogP contribution in [0.15, 0.2) is 0 Å². The summed E-state index contributed by atoms with van der Waals surface area (Å²) in [4.78, 5) is 12.0. The molecule has 94 valence electrons. The number of carbonyl (C=O) groups is 1. The smallest absolute Gasteiger partial charge is 0.138 e. The molecule has 1 aliphatic carbocycles. The highest BCUT2D eigenvalue weighted by atomic mass is 16.1. The fourth-order valence-electron chi connectivity index (χ4n) is 2.83. The molecule has 1 aliphatic rings. The zero-order valence-electron chi connectivity index (χ0n) is 11.3. The fraction of sp³-hybridized carbons (Fsp3) is 0.933. The quantitative estimate of drug-likeness (QED) is 0.644. The Balaban J connectivity index is 2.28. The van der Waals surface area contributed by atoms with Gasteiger partial charge in [0.05, 0.1) is 0 Å². The van der Waals surface area contributed by atoms with Gasteiger partial charge in [-0.1, -0.05) is 40.0 Å². The summed E-state index contributed by atoms with van der Waals surface area (Å²) in [7, 11) is 0. The highest BCUT2D eigenvalue weighted by Gasteiger charge is 2.27. The molecule has 0 amide bonds. The van der Waals surface area contributed by atoms with Crippen LogP contribution in [0.3, 0.4) is 0 Å². The van der Waals surface area contributed by atoms with E-state index < -0.39 is 0 Å². The molecule has 1 atom stereocenters. The number of rotatable bonds is 6. The van der Waals surface area contributed by atoms with Gasteiger partial charge in [0, 0.05) is 11.8 Å². The summed E-state index contributed by atoms with van der Waals surface area (Å²) in [5.74, 6) is 2.14. The Labute approximate surface area is 101 Å². The third-order valence-electron chi connectivity index (χ3n) is 4.31. The number of unbranched alkanes of at least 4 members (excludes halogenated alkanes) is 1. The molecule has 0 heterocycles. The number of ketones is 1. The number of Topliss-reactive ketones (excluding diaryl/α,β-unsaturated/α-hetero) is 1. The lowest BCUT2D eigenvalue weighted by atomic mass is 9.76. The maximum atomic E-state index is 12.0. The molecular weight excluding hydrogens is 196 g/mol. The normalized spacial score (nSPS) is 27.7. The SMILES string of the molecule is CCCCC1CCC(C(=O)C(C)CC)CC1. The first-order valence-electron chi connectivity index (χ1n) is 7.22. The molecule has 0 saturated heterocycles. The third kappa shape index (κ3) is 3.92. The van der Waals surface area contributed by atoms with Crippen LogP contribution in [0.2, 0.25) is 0 Å². The molecule has 1 heteroatoms. The van der Waals surface area contributed by atoms with E-state index in [-0.39, 0.29) is 5.92 Å². The van der Waals surface area contributed by atoms with Crippen LogP contribution in [0.4, 0.5) is 0 Å². The maximum absolute atomic E-state index is 12.0. The second-order valence-electron chi connectivity index (χ2n) is 5.57. The van der Waals surface area contributed by atoms with E-state index in [1.165, 1.54) is 32.1 Å². The lowest BCUT2D eigenvalue weighted by Crippen LogP contribution is -2.26. The summed E-state index contributed by atoms with van der Waals surface area (Å²) < 4.78 is 0. The Morgan fingerprint density at radius 3 is 2.31 bits per heavy atom. The van der Waals surface area contributed by atoms with Crippen molar-refractivity contribution in [2.45, 2.75) is 72.1 Å². The van der Waals surface area contributed by atoms with Gasteiger partial charge in [0.2, 0.25) is 0 Å². The standard InChI is InChI=1S/C15H28O/c1-4-6-7-13-8-10-14(11-9-13)15(16)12(3)5-2/h12-14H,4-11H2,1-3H3. The molecule has 0 bridgehead atoms. The van der Waals surface area contributed by atoms with Crippen LogP contribution in [0.25, 0.3) is 0 Å². The molecule has 0 aromatic carbocycles. The molecule has 16 heavy (non-hydrogen) atoms. The van der Waals surface area contributed by atoms with Crippen LogP contribution in [-0.4, -0.2) is 5.78 Å². The van der Waals surface area contributed by atoms with E-state index in [0.29, 0.717) is 11.7 Å². The van der Waals surface area contributed by atoms with E-state index in [4.69, 9.17) is 0 Å². The van der Waals surface area contributed by atoms with Crippen molar-refractivity contribution in [1.29, 1.82) is 0 Å². The molecule has 0 aliphatic heterocycles. The Morgan fingerprint density at radius 1 is 1.19 bits per heavy atom. The minimum Gasteiger partial charge on any atom is -0.299 e. The van der Waals surface area contributed by atoms with Crippen LogP contribution in [0.1, 0.15) is 72.1 Å². The molecule has 0 N–H and O–H groups in total. The number of hydrogen-bond acceptors (Lipinski definition) is 1. The van der Waals surface area contributed by atoms with E-state index in [9.17, 15) is 4.79 Å². The molecule has 0 spiro atoms. The summed E-state index contributed by atoms with van der Waals surface area (Å²) in [5, 5.41) is 0. The van der Waals surface area contributed by atoms with E-state index in [1.807, 2.05) is 0 Å². The molecule has 0 radical (unpaired) electrons. The van der Waals surface area contributed by atoms with Gasteiger partial charge in [-0.2, -0.15) is 0 Å². The van der Waals surface area contributed by atoms with Gasteiger partial charge in [-0.3, -0.25) is 4.79 Å². The van der Waals surface area contributed by atoms with Crippen molar-refractivity contribution in [2.24, 2.45) is 17.8 Å². The van der Waals surface area contributed by atoms with Crippen LogP contribution >= 0.6 is 0 Å². The van der Waals surface area contributed by atoms with Crippen LogP contribution in [0, 0.1) is 17.8 Å². The molecule has 0 aromatic rings. The zero-order chi connectivity index (χ0) is 12.0. The average molecular weight is 224 g/mol. The first-order valence-corrected chi connectivity index (χ1v) is 7.22. The summed E-state index contributed by atoms with van der Waals surface area (Å²) >= 11 is 0. The van der Waals surface area contributed by atoms with Gasteiger partial charge >= 0.3 is 0 Å². The summed E-state index contributed by atoms with van der Waals surface area (Å²) in [6.07, 6.45) is 10.0. The summed E-state index contributed by atoms with van der Waals surface area (Å²) in [6.45, 7) is 6.47. The van der Waals surface area contributed by atoms with E-state index >= 15 is 0 Å². The Morgan fingerprint density at radius 2 is 1.81 bits per heavy atom. The van der Waals surface area contributed by atoms with Gasteiger partial charge in [0.25, 0.3) is 0 Å². The largest absolute Gasteiger partial charge is 0.299 e. The minimum atomic E-state index is 0.289. The van der Waals surface area contributed by atoms with Crippen LogP contribution < -0.4 is 0 Å². The van der Waals surface area contributed by atoms with Gasteiger partial charge in [-0.05, 0) is 38.0 Å². The van der Waals surface area contributed by atoms with Crippen molar-refractivity contribution >= 4 is 5.78 Å². The van der Waals surface area contributed by atoms with Crippen molar-refractivity contribution in [1.82, 2.24) is 0 Å². The first-order chi connectivity index (χ1) is 7.69. The molecule has 1 nitrogen and oxygen atoms in total. The van der Waals surface area contributed by atoms with Crippen LogP contribution in [0.5, 0.6) is 0 Å². The van der Waals surface area contributed by atoms with Crippen molar-refractivity contribution < 1.29 is 4.79 Å². The lowest BCUT2D eigenvalue weighted by Gasteiger charge is -2.29. The molecule has 1 saturated carbocycles.